The molecule has 0 aliphatic heterocycles. The molecule has 0 radical (unpaired) electrons. The lowest BCUT2D eigenvalue weighted by Gasteiger charge is -2.08. The summed E-state index contributed by atoms with van der Waals surface area (Å²) in [5.41, 5.74) is -0.454. The van der Waals surface area contributed by atoms with Crippen molar-refractivity contribution in [3.05, 3.63) is 81.8 Å². The summed E-state index contributed by atoms with van der Waals surface area (Å²) in [4.78, 5) is 12.1. The van der Waals surface area contributed by atoms with Gasteiger partial charge in [-0.05, 0) is 42.8 Å². The molecule has 0 saturated carbocycles. The molecular formula is C19H12ClF4NO3. The number of carbonyl (C=O) groups excluding carboxylic acids is 1. The Bertz CT molecular complexity index is 1030. The molecule has 2 aromatic carbocycles. The van der Waals surface area contributed by atoms with Crippen molar-refractivity contribution in [3.8, 4) is 5.75 Å². The van der Waals surface area contributed by atoms with Crippen LogP contribution in [0.3, 0.4) is 0 Å². The number of amides is 1. The van der Waals surface area contributed by atoms with Crippen LogP contribution in [0.5, 0.6) is 5.75 Å². The minimum atomic E-state index is -1.72. The molecule has 0 aliphatic rings. The summed E-state index contributed by atoms with van der Waals surface area (Å²) in [6.45, 7) is 1.76. The smallest absolute Gasteiger partial charge is 0.291 e. The van der Waals surface area contributed by atoms with Crippen molar-refractivity contribution in [2.75, 3.05) is 5.32 Å². The van der Waals surface area contributed by atoms with Gasteiger partial charge in [-0.2, -0.15) is 0 Å². The highest BCUT2D eigenvalue weighted by Gasteiger charge is 2.22. The molecule has 1 N–H and O–H groups in total. The van der Waals surface area contributed by atoms with Gasteiger partial charge in [-0.1, -0.05) is 11.6 Å². The minimum absolute atomic E-state index is 0.0347. The third kappa shape index (κ3) is 4.12. The number of halogens is 5. The van der Waals surface area contributed by atoms with E-state index in [0.29, 0.717) is 10.8 Å². The number of ether oxygens (including phenoxy) is 1. The summed E-state index contributed by atoms with van der Waals surface area (Å²) in [7, 11) is 0. The van der Waals surface area contributed by atoms with E-state index in [4.69, 9.17) is 20.8 Å². The summed E-state index contributed by atoms with van der Waals surface area (Å²) in [6, 6.07) is 7.71. The van der Waals surface area contributed by atoms with Crippen LogP contribution in [0.4, 0.5) is 23.2 Å². The quantitative estimate of drug-likeness (QED) is 0.435. The summed E-state index contributed by atoms with van der Waals surface area (Å²) < 4.78 is 64.5. The van der Waals surface area contributed by atoms with E-state index in [1.807, 2.05) is 0 Å². The summed E-state index contributed by atoms with van der Waals surface area (Å²) in [6.07, 6.45) is 0. The van der Waals surface area contributed by atoms with E-state index in [-0.39, 0.29) is 24.2 Å². The molecule has 0 aliphatic carbocycles. The number of aryl methyl sites for hydroxylation is 1. The lowest BCUT2D eigenvalue weighted by Crippen LogP contribution is -2.15. The van der Waals surface area contributed by atoms with E-state index in [1.54, 1.807) is 30.4 Å². The van der Waals surface area contributed by atoms with Gasteiger partial charge in [0.25, 0.3) is 5.91 Å². The fraction of sp³-hybridized carbons (Fsp3) is 0.105. The van der Waals surface area contributed by atoms with Gasteiger partial charge >= 0.3 is 0 Å². The average Bonchev–Trinajstić information content (AvgIpc) is 3.12. The van der Waals surface area contributed by atoms with E-state index in [9.17, 15) is 22.4 Å². The van der Waals surface area contributed by atoms with Crippen LogP contribution in [0.2, 0.25) is 5.02 Å². The number of benzene rings is 2. The molecule has 0 atom stereocenters. The molecule has 1 heterocycles. The minimum Gasteiger partial charge on any atom is -0.485 e. The molecule has 4 nitrogen and oxygen atoms in total. The largest absolute Gasteiger partial charge is 0.485 e. The zero-order valence-electron chi connectivity index (χ0n) is 14.3. The maximum absolute atomic E-state index is 13.6. The van der Waals surface area contributed by atoms with Crippen LogP contribution in [-0.4, -0.2) is 5.91 Å². The Kier molecular flexibility index (Phi) is 5.60. The zero-order chi connectivity index (χ0) is 20.4. The molecule has 146 valence electrons. The molecule has 0 unspecified atom stereocenters. The van der Waals surface area contributed by atoms with E-state index < -0.39 is 34.9 Å². The Labute approximate surface area is 161 Å². The molecule has 3 aromatic rings. The van der Waals surface area contributed by atoms with Crippen molar-refractivity contribution in [3.63, 3.8) is 0 Å². The van der Waals surface area contributed by atoms with Gasteiger partial charge in [0.05, 0.1) is 0 Å². The molecule has 9 heteroatoms. The number of carbonyl (C=O) groups is 1. The molecule has 28 heavy (non-hydrogen) atoms. The van der Waals surface area contributed by atoms with Crippen LogP contribution in [0.15, 0.2) is 40.8 Å². The SMILES string of the molecule is Cc1cc(Cl)ccc1OCc1ccc(C(=O)Nc2c(F)c(F)cc(F)c2F)o1. The maximum atomic E-state index is 13.6. The zero-order valence-corrected chi connectivity index (χ0v) is 15.0. The standard InChI is InChI=1S/C19H12ClF4NO3/c1-9-6-10(20)2-4-14(9)27-8-11-3-5-15(28-11)19(26)25-18-16(23)12(21)7-13(22)17(18)24/h2-7H,8H2,1H3,(H,25,26). The maximum Gasteiger partial charge on any atom is 0.291 e. The van der Waals surface area contributed by atoms with Gasteiger partial charge in [-0.3, -0.25) is 4.79 Å². The van der Waals surface area contributed by atoms with Crippen molar-refractivity contribution in [2.45, 2.75) is 13.5 Å². The lowest BCUT2D eigenvalue weighted by atomic mass is 10.2. The highest BCUT2D eigenvalue weighted by molar-refractivity contribution is 6.30. The van der Waals surface area contributed by atoms with Gasteiger partial charge in [-0.15, -0.1) is 0 Å². The van der Waals surface area contributed by atoms with Crippen LogP contribution in [0.1, 0.15) is 21.9 Å². The summed E-state index contributed by atoms with van der Waals surface area (Å²) in [5.74, 6) is -7.34. The highest BCUT2D eigenvalue weighted by atomic mass is 35.5. The first kappa shape index (κ1) is 19.8. The lowest BCUT2D eigenvalue weighted by molar-refractivity contribution is 0.0991. The normalized spacial score (nSPS) is 10.8. The molecular weight excluding hydrogens is 402 g/mol. The first-order chi connectivity index (χ1) is 13.3. The monoisotopic (exact) mass is 413 g/mol. The molecule has 0 fully saturated rings. The van der Waals surface area contributed by atoms with Crippen molar-refractivity contribution in [1.82, 2.24) is 0 Å². The number of anilines is 1. The van der Waals surface area contributed by atoms with Crippen LogP contribution in [-0.2, 0) is 6.61 Å². The molecule has 0 bridgehead atoms. The molecule has 1 aromatic heterocycles. The molecule has 3 rings (SSSR count). The van der Waals surface area contributed by atoms with Crippen LogP contribution in [0, 0.1) is 30.2 Å². The Balaban J connectivity index is 1.71. The number of rotatable bonds is 5. The second-order valence-electron chi connectivity index (χ2n) is 5.76. The first-order valence-electron chi connectivity index (χ1n) is 7.88. The third-order valence-electron chi connectivity index (χ3n) is 3.74. The third-order valence-corrected chi connectivity index (χ3v) is 3.98. The van der Waals surface area contributed by atoms with E-state index in [2.05, 4.69) is 0 Å². The molecule has 0 saturated heterocycles. The van der Waals surface area contributed by atoms with Crippen molar-refractivity contribution < 1.29 is 31.5 Å². The second-order valence-corrected chi connectivity index (χ2v) is 6.20. The summed E-state index contributed by atoms with van der Waals surface area (Å²) in [5, 5.41) is 2.31. The fourth-order valence-corrected chi connectivity index (χ4v) is 2.59. The summed E-state index contributed by atoms with van der Waals surface area (Å²) >= 11 is 5.86. The Morgan fingerprint density at radius 2 is 1.75 bits per heavy atom. The van der Waals surface area contributed by atoms with E-state index >= 15 is 0 Å². The second kappa shape index (κ2) is 7.93. The number of nitrogens with one attached hydrogen (secondary N) is 1. The predicted molar refractivity (Wildman–Crippen MR) is 93.5 cm³/mol. The number of hydrogen-bond acceptors (Lipinski definition) is 3. The van der Waals surface area contributed by atoms with Gasteiger partial charge in [0.1, 0.15) is 23.8 Å². The van der Waals surface area contributed by atoms with Crippen LogP contribution >= 0.6 is 11.6 Å². The van der Waals surface area contributed by atoms with E-state index in [1.165, 1.54) is 12.1 Å². The van der Waals surface area contributed by atoms with Gasteiger partial charge in [0.15, 0.2) is 29.0 Å². The van der Waals surface area contributed by atoms with Gasteiger partial charge in [0, 0.05) is 11.1 Å². The average molecular weight is 414 g/mol. The van der Waals surface area contributed by atoms with Crippen LogP contribution in [0.25, 0.3) is 0 Å². The fourth-order valence-electron chi connectivity index (χ4n) is 2.36. The number of hydrogen-bond donors (Lipinski definition) is 1. The van der Waals surface area contributed by atoms with Crippen molar-refractivity contribution in [1.29, 1.82) is 0 Å². The molecule has 1 amide bonds. The Hall–Kier alpha value is -3.00. The highest BCUT2D eigenvalue weighted by Crippen LogP contribution is 2.26. The van der Waals surface area contributed by atoms with Gasteiger partial charge < -0.3 is 14.5 Å². The Morgan fingerprint density at radius 3 is 2.39 bits per heavy atom. The van der Waals surface area contributed by atoms with Gasteiger partial charge in [-0.25, -0.2) is 17.6 Å². The van der Waals surface area contributed by atoms with E-state index in [0.717, 1.165) is 5.56 Å². The Morgan fingerprint density at radius 1 is 1.07 bits per heavy atom. The topological polar surface area (TPSA) is 51.5 Å². The van der Waals surface area contributed by atoms with Crippen molar-refractivity contribution in [2.24, 2.45) is 0 Å². The van der Waals surface area contributed by atoms with Crippen molar-refractivity contribution >= 4 is 23.2 Å². The first-order valence-corrected chi connectivity index (χ1v) is 8.26. The predicted octanol–water partition coefficient (Wildman–Crippen LogP) is 5.63. The van der Waals surface area contributed by atoms with Crippen LogP contribution < -0.4 is 10.1 Å². The molecule has 0 spiro atoms. The van der Waals surface area contributed by atoms with Gasteiger partial charge in [0.2, 0.25) is 0 Å². The number of furan rings is 1.